The number of hydrogen-bond acceptors (Lipinski definition) is 7. The predicted molar refractivity (Wildman–Crippen MR) is 96.1 cm³/mol. The van der Waals surface area contributed by atoms with E-state index in [9.17, 15) is 28.1 Å². The van der Waals surface area contributed by atoms with Gasteiger partial charge in [0.05, 0.1) is 28.3 Å². The summed E-state index contributed by atoms with van der Waals surface area (Å²) >= 11 is 5.80. The average molecular weight is 454 g/mol. The van der Waals surface area contributed by atoms with E-state index in [1.54, 1.807) is 0 Å². The minimum atomic E-state index is -4.60. The highest BCUT2D eigenvalue weighted by Crippen LogP contribution is 2.37. The molecule has 2 aromatic rings. The second-order valence-corrected chi connectivity index (χ2v) is 7.01. The monoisotopic (exact) mass is 453 g/mol. The summed E-state index contributed by atoms with van der Waals surface area (Å²) in [6, 6.07) is 5.41. The van der Waals surface area contributed by atoms with E-state index in [0.717, 1.165) is 30.3 Å². The van der Waals surface area contributed by atoms with Crippen LogP contribution in [0, 0.1) is 10.1 Å². The normalized spacial score (nSPS) is 11.4. The van der Waals surface area contributed by atoms with Crippen LogP contribution in [0.3, 0.4) is 0 Å². The maximum atomic E-state index is 12.7. The first kappa shape index (κ1) is 22.8. The van der Waals surface area contributed by atoms with Crippen molar-refractivity contribution in [2.45, 2.75) is 6.18 Å². The second kappa shape index (κ2) is 9.36. The minimum absolute atomic E-state index is 0.115. The molecule has 2 N–H and O–H groups in total. The average Bonchev–Trinajstić information content (AvgIpc) is 2.61. The molecule has 156 valence electrons. The van der Waals surface area contributed by atoms with Gasteiger partial charge in [0.15, 0.2) is 8.38 Å². The lowest BCUT2D eigenvalue weighted by atomic mass is 10.1. The second-order valence-electron chi connectivity index (χ2n) is 5.41. The van der Waals surface area contributed by atoms with Crippen molar-refractivity contribution >= 4 is 31.6 Å². The Morgan fingerprint density at radius 3 is 2.45 bits per heavy atom. The Morgan fingerprint density at radius 1 is 1.21 bits per heavy atom. The number of nitro benzene ring substituents is 1. The Labute approximate surface area is 167 Å². The number of hydrogen-bond donors (Lipinski definition) is 2. The van der Waals surface area contributed by atoms with Gasteiger partial charge in [-0.25, -0.2) is 4.79 Å². The molecule has 0 saturated heterocycles. The standard InChI is InChI=1S/C16H12ClF3NO7P/c17-12-7-9(16(18,19)20)1-4-14(12)28-10-2-3-13(21(23)24)11(8-10)15(22)27-5-6-29(25)26/h1-4,7-8,25-26H,5-6H2. The van der Waals surface area contributed by atoms with Crippen LogP contribution in [-0.2, 0) is 10.9 Å². The molecule has 2 aromatic carbocycles. The van der Waals surface area contributed by atoms with Gasteiger partial charge in [-0.1, -0.05) is 11.6 Å². The van der Waals surface area contributed by atoms with Crippen molar-refractivity contribution in [3.63, 3.8) is 0 Å². The van der Waals surface area contributed by atoms with Gasteiger partial charge in [-0.2, -0.15) is 13.2 Å². The molecule has 0 saturated carbocycles. The maximum Gasteiger partial charge on any atom is 0.416 e. The van der Waals surface area contributed by atoms with Gasteiger partial charge in [-0.05, 0) is 24.3 Å². The van der Waals surface area contributed by atoms with E-state index in [2.05, 4.69) is 0 Å². The van der Waals surface area contributed by atoms with E-state index < -0.39 is 42.3 Å². The van der Waals surface area contributed by atoms with Crippen molar-refractivity contribution in [1.82, 2.24) is 0 Å². The molecule has 0 bridgehead atoms. The van der Waals surface area contributed by atoms with Crippen LogP contribution < -0.4 is 4.74 Å². The number of nitro groups is 1. The smallest absolute Gasteiger partial charge is 0.416 e. The van der Waals surface area contributed by atoms with Gasteiger partial charge in [-0.15, -0.1) is 0 Å². The highest BCUT2D eigenvalue weighted by atomic mass is 35.5. The first-order chi connectivity index (χ1) is 13.5. The summed E-state index contributed by atoms with van der Waals surface area (Å²) in [6.07, 6.45) is -4.85. The number of carbonyl (C=O) groups excluding carboxylic acids is 1. The molecule has 13 heteroatoms. The summed E-state index contributed by atoms with van der Waals surface area (Å²) in [5.41, 5.74) is -2.08. The molecular weight excluding hydrogens is 442 g/mol. The number of nitrogens with zero attached hydrogens (tertiary/aromatic N) is 1. The van der Waals surface area contributed by atoms with E-state index in [0.29, 0.717) is 6.07 Å². The first-order valence-electron chi connectivity index (χ1n) is 7.64. The van der Waals surface area contributed by atoms with Gasteiger partial charge < -0.3 is 19.3 Å². The van der Waals surface area contributed by atoms with Crippen LogP contribution in [0.15, 0.2) is 36.4 Å². The topological polar surface area (TPSA) is 119 Å². The van der Waals surface area contributed by atoms with Gasteiger partial charge in [-0.3, -0.25) is 10.1 Å². The molecule has 0 amide bonds. The molecule has 0 aliphatic heterocycles. The Kier molecular flexibility index (Phi) is 7.37. The highest BCUT2D eigenvalue weighted by molar-refractivity contribution is 7.45. The molecule has 0 fully saturated rings. The Bertz CT molecular complexity index is 924. The number of ether oxygens (including phenoxy) is 2. The maximum absolute atomic E-state index is 12.7. The van der Waals surface area contributed by atoms with Gasteiger partial charge in [0.2, 0.25) is 0 Å². The zero-order valence-electron chi connectivity index (χ0n) is 14.2. The Balaban J connectivity index is 2.28. The van der Waals surface area contributed by atoms with E-state index in [4.69, 9.17) is 30.9 Å². The van der Waals surface area contributed by atoms with Crippen LogP contribution in [-0.4, -0.2) is 33.4 Å². The zero-order chi connectivity index (χ0) is 21.8. The van der Waals surface area contributed by atoms with Crippen molar-refractivity contribution in [3.05, 3.63) is 62.7 Å². The van der Waals surface area contributed by atoms with Crippen molar-refractivity contribution < 1.29 is 42.1 Å². The molecule has 0 radical (unpaired) electrons. The lowest BCUT2D eigenvalue weighted by Crippen LogP contribution is -2.11. The minimum Gasteiger partial charge on any atom is -0.461 e. The number of rotatable bonds is 7. The first-order valence-corrected chi connectivity index (χ1v) is 9.45. The lowest BCUT2D eigenvalue weighted by molar-refractivity contribution is -0.385. The third-order valence-corrected chi connectivity index (χ3v) is 4.27. The van der Waals surface area contributed by atoms with Crippen molar-refractivity contribution in [3.8, 4) is 11.5 Å². The Hall–Kier alpha value is -2.46. The fourth-order valence-corrected chi connectivity index (χ4v) is 2.56. The van der Waals surface area contributed by atoms with Crippen molar-refractivity contribution in [1.29, 1.82) is 0 Å². The van der Waals surface area contributed by atoms with E-state index in [1.165, 1.54) is 0 Å². The number of benzene rings is 2. The SMILES string of the molecule is O=C(OCCP(O)O)c1cc(Oc2ccc(C(F)(F)F)cc2Cl)ccc1[N+](=O)[O-]. The van der Waals surface area contributed by atoms with Gasteiger partial charge in [0.1, 0.15) is 17.1 Å². The molecular formula is C16H12ClF3NO7P. The summed E-state index contributed by atoms with van der Waals surface area (Å²) in [4.78, 5) is 40.0. The molecule has 0 aliphatic carbocycles. The number of halogens is 4. The molecule has 0 aromatic heterocycles. The fraction of sp³-hybridized carbons (Fsp3) is 0.188. The van der Waals surface area contributed by atoms with Gasteiger partial charge in [0.25, 0.3) is 5.69 Å². The summed E-state index contributed by atoms with van der Waals surface area (Å²) in [6.45, 7) is -0.384. The third-order valence-electron chi connectivity index (χ3n) is 3.40. The Morgan fingerprint density at radius 2 is 1.90 bits per heavy atom. The highest BCUT2D eigenvalue weighted by Gasteiger charge is 2.31. The van der Waals surface area contributed by atoms with Crippen molar-refractivity contribution in [2.75, 3.05) is 12.8 Å². The third kappa shape index (κ3) is 6.26. The van der Waals surface area contributed by atoms with Crippen LogP contribution in [0.4, 0.5) is 18.9 Å². The van der Waals surface area contributed by atoms with Crippen LogP contribution in [0.5, 0.6) is 11.5 Å². The van der Waals surface area contributed by atoms with Gasteiger partial charge >= 0.3 is 12.1 Å². The molecule has 2 rings (SSSR count). The number of carbonyl (C=O) groups is 1. The quantitative estimate of drug-likeness (QED) is 0.274. The summed E-state index contributed by atoms with van der Waals surface area (Å²) in [7, 11) is -2.31. The van der Waals surface area contributed by atoms with Crippen LogP contribution in [0.1, 0.15) is 15.9 Å². The number of esters is 1. The fourth-order valence-electron chi connectivity index (χ4n) is 2.09. The van der Waals surface area contributed by atoms with Crippen molar-refractivity contribution in [2.24, 2.45) is 0 Å². The summed E-state index contributed by atoms with van der Waals surface area (Å²) in [5, 5.41) is 10.8. The molecule has 0 spiro atoms. The number of alkyl halides is 3. The molecule has 29 heavy (non-hydrogen) atoms. The molecule has 0 heterocycles. The molecule has 0 unspecified atom stereocenters. The zero-order valence-corrected chi connectivity index (χ0v) is 15.9. The lowest BCUT2D eigenvalue weighted by Gasteiger charge is -2.12. The van der Waals surface area contributed by atoms with E-state index in [-0.39, 0.29) is 29.3 Å². The van der Waals surface area contributed by atoms with E-state index in [1.807, 2.05) is 0 Å². The van der Waals surface area contributed by atoms with Crippen LogP contribution in [0.2, 0.25) is 5.02 Å². The van der Waals surface area contributed by atoms with E-state index >= 15 is 0 Å². The molecule has 0 atom stereocenters. The van der Waals surface area contributed by atoms with Gasteiger partial charge in [0, 0.05) is 12.1 Å². The van der Waals surface area contributed by atoms with Crippen LogP contribution in [0.25, 0.3) is 0 Å². The summed E-state index contributed by atoms with van der Waals surface area (Å²) in [5.74, 6) is -1.40. The molecule has 0 aliphatic rings. The summed E-state index contributed by atoms with van der Waals surface area (Å²) < 4.78 is 48.2. The predicted octanol–water partition coefficient (Wildman–Crippen LogP) is 4.51. The molecule has 8 nitrogen and oxygen atoms in total. The van der Waals surface area contributed by atoms with Crippen LogP contribution >= 0.6 is 20.0 Å². The largest absolute Gasteiger partial charge is 0.461 e.